The molecule has 27 heavy (non-hydrogen) atoms. The summed E-state index contributed by atoms with van der Waals surface area (Å²) >= 11 is 0. The minimum Gasteiger partial charge on any atom is -0.0845 e. The second kappa shape index (κ2) is 23.5. The van der Waals surface area contributed by atoms with Gasteiger partial charge in [0.15, 0.2) is 0 Å². The van der Waals surface area contributed by atoms with Crippen LogP contribution in [0.2, 0.25) is 0 Å². The van der Waals surface area contributed by atoms with E-state index in [1.165, 1.54) is 50.5 Å². The van der Waals surface area contributed by atoms with Crippen LogP contribution >= 0.6 is 0 Å². The summed E-state index contributed by atoms with van der Waals surface area (Å²) in [4.78, 5) is 0. The van der Waals surface area contributed by atoms with Crippen molar-refractivity contribution < 1.29 is 0 Å². The summed E-state index contributed by atoms with van der Waals surface area (Å²) in [5.74, 6) is 4.00. The van der Waals surface area contributed by atoms with Crippen molar-refractivity contribution in [1.29, 1.82) is 0 Å². The van der Waals surface area contributed by atoms with E-state index in [4.69, 9.17) is 0 Å². The van der Waals surface area contributed by atoms with Gasteiger partial charge in [-0.1, -0.05) is 119 Å². The minimum atomic E-state index is 0.975. The second-order valence-corrected chi connectivity index (χ2v) is 7.69. The van der Waals surface area contributed by atoms with Gasteiger partial charge in [0, 0.05) is 0 Å². The predicted octanol–water partition coefficient (Wildman–Crippen LogP) is 10.2. The summed E-state index contributed by atoms with van der Waals surface area (Å²) in [7, 11) is 0. The van der Waals surface area contributed by atoms with Crippen molar-refractivity contribution in [2.24, 2.45) is 23.7 Å². The Morgan fingerprint density at radius 3 is 1.44 bits per heavy atom. The van der Waals surface area contributed by atoms with Gasteiger partial charge < -0.3 is 0 Å². The van der Waals surface area contributed by atoms with Crippen LogP contribution in [-0.2, 0) is 0 Å². The molecule has 164 valence electrons. The molecule has 2 rings (SSSR count). The maximum absolute atomic E-state index is 2.37. The highest BCUT2D eigenvalue weighted by Crippen LogP contribution is 2.37. The van der Waals surface area contributed by atoms with E-state index in [1.54, 1.807) is 0 Å². The summed E-state index contributed by atoms with van der Waals surface area (Å²) in [6, 6.07) is 0. The molecule has 0 aromatic carbocycles. The van der Waals surface area contributed by atoms with Crippen LogP contribution in [0.3, 0.4) is 0 Å². The molecule has 0 saturated heterocycles. The number of hydrogen-bond donors (Lipinski definition) is 0. The minimum absolute atomic E-state index is 0.975. The smallest absolute Gasteiger partial charge is 0.0254 e. The van der Waals surface area contributed by atoms with E-state index in [0.29, 0.717) is 0 Å². The average Bonchev–Trinajstić information content (AvgIpc) is 2.71. The molecule has 0 amide bonds. The van der Waals surface area contributed by atoms with Gasteiger partial charge in [-0.25, -0.2) is 0 Å². The Hall–Kier alpha value is -0.520. The number of hydrogen-bond acceptors (Lipinski definition) is 0. The van der Waals surface area contributed by atoms with Crippen LogP contribution in [0, 0.1) is 23.7 Å². The van der Waals surface area contributed by atoms with Crippen LogP contribution in [-0.4, -0.2) is 0 Å². The molecule has 0 aliphatic heterocycles. The summed E-state index contributed by atoms with van der Waals surface area (Å²) < 4.78 is 0. The molecule has 2 saturated carbocycles. The third-order valence-electron chi connectivity index (χ3n) is 5.24. The van der Waals surface area contributed by atoms with Crippen molar-refractivity contribution in [2.75, 3.05) is 0 Å². The lowest BCUT2D eigenvalue weighted by Crippen LogP contribution is -2.20. The molecular formula is C27H56. The van der Waals surface area contributed by atoms with Gasteiger partial charge in [-0.3, -0.25) is 0 Å². The van der Waals surface area contributed by atoms with E-state index < -0.39 is 0 Å². The number of rotatable bonds is 4. The maximum atomic E-state index is 2.37. The highest BCUT2D eigenvalue weighted by Gasteiger charge is 2.25. The Labute approximate surface area is 175 Å². The molecule has 2 aliphatic rings. The predicted molar refractivity (Wildman–Crippen MR) is 131 cm³/mol. The molecule has 0 heteroatoms. The standard InChI is InChI=1S/C13H22.C8H16.3C2H6/c1-4-6-7-12(5-2)10-13-8-11(3)9-13;1-7-3-5-8(2)6-4-7;3*1-2/h5-7,11,13H,4,8-10H2,1-3H3;7-8H,3-6H2,1-2H3;3*1-2H3/b7-6-,12-5+;;;;. The van der Waals surface area contributed by atoms with E-state index >= 15 is 0 Å². The van der Waals surface area contributed by atoms with Crippen LogP contribution < -0.4 is 0 Å². The van der Waals surface area contributed by atoms with E-state index in [1.807, 2.05) is 41.5 Å². The topological polar surface area (TPSA) is 0 Å². The first kappa shape index (κ1) is 31.2. The zero-order chi connectivity index (χ0) is 21.7. The molecule has 0 atom stereocenters. The van der Waals surface area contributed by atoms with Crippen molar-refractivity contribution >= 4 is 0 Å². The van der Waals surface area contributed by atoms with Gasteiger partial charge in [-0.15, -0.1) is 0 Å². The Balaban J connectivity index is -0.000000353. The van der Waals surface area contributed by atoms with Crippen LogP contribution in [0.15, 0.2) is 23.8 Å². The maximum Gasteiger partial charge on any atom is -0.0254 e. The van der Waals surface area contributed by atoms with Crippen LogP contribution in [0.5, 0.6) is 0 Å². The first-order chi connectivity index (χ1) is 13.0. The molecular weight excluding hydrogens is 324 g/mol. The summed E-state index contributed by atoms with van der Waals surface area (Å²) in [5, 5.41) is 0. The lowest BCUT2D eigenvalue weighted by molar-refractivity contribution is 0.212. The fourth-order valence-electron chi connectivity index (χ4n) is 3.55. The normalized spacial score (nSPS) is 26.6. The highest BCUT2D eigenvalue weighted by molar-refractivity contribution is 5.18. The Kier molecular flexibility index (Phi) is 27.2. The van der Waals surface area contributed by atoms with E-state index in [0.717, 1.165) is 30.1 Å². The molecule has 0 aromatic heterocycles. The van der Waals surface area contributed by atoms with Gasteiger partial charge in [0.2, 0.25) is 0 Å². The zero-order valence-electron chi connectivity index (χ0n) is 21.2. The van der Waals surface area contributed by atoms with Gasteiger partial charge in [-0.05, 0) is 56.3 Å². The van der Waals surface area contributed by atoms with Crippen molar-refractivity contribution in [3.63, 3.8) is 0 Å². The van der Waals surface area contributed by atoms with Crippen LogP contribution in [0.4, 0.5) is 0 Å². The molecule has 0 nitrogen and oxygen atoms in total. The molecule has 0 unspecified atom stereocenters. The lowest BCUT2D eigenvalue weighted by atomic mass is 9.73. The fraction of sp³-hybridized carbons (Fsp3) is 0.852. The third kappa shape index (κ3) is 18.6. The third-order valence-corrected chi connectivity index (χ3v) is 5.24. The van der Waals surface area contributed by atoms with E-state index in [2.05, 4.69) is 52.8 Å². The number of allylic oxidation sites excluding steroid dienone is 4. The molecule has 0 heterocycles. The van der Waals surface area contributed by atoms with Gasteiger partial charge in [0.05, 0.1) is 0 Å². The molecule has 2 fully saturated rings. The van der Waals surface area contributed by atoms with Crippen molar-refractivity contribution in [3.05, 3.63) is 23.8 Å². The van der Waals surface area contributed by atoms with Crippen LogP contribution in [0.1, 0.15) is 128 Å². The summed E-state index contributed by atoms with van der Waals surface area (Å²) in [6.45, 7) is 23.4. The SMILES string of the molecule is C/C=C(\C=C/CC)CC1CC(C)C1.CC.CC.CC.CC1CCC(C)CC1. The summed E-state index contributed by atoms with van der Waals surface area (Å²) in [5.41, 5.74) is 1.53. The first-order valence-electron chi connectivity index (χ1n) is 12.4. The van der Waals surface area contributed by atoms with Gasteiger partial charge >= 0.3 is 0 Å². The van der Waals surface area contributed by atoms with Gasteiger partial charge in [0.25, 0.3) is 0 Å². The average molecular weight is 381 g/mol. The molecule has 0 aromatic rings. The van der Waals surface area contributed by atoms with Crippen molar-refractivity contribution in [3.8, 4) is 0 Å². The molecule has 0 spiro atoms. The molecule has 0 N–H and O–H groups in total. The van der Waals surface area contributed by atoms with Crippen LogP contribution in [0.25, 0.3) is 0 Å². The quantitative estimate of drug-likeness (QED) is 0.425. The largest absolute Gasteiger partial charge is 0.0845 e. The lowest BCUT2D eigenvalue weighted by Gasteiger charge is -2.33. The van der Waals surface area contributed by atoms with Gasteiger partial charge in [-0.2, -0.15) is 0 Å². The van der Waals surface area contributed by atoms with E-state index in [-0.39, 0.29) is 0 Å². The molecule has 0 bridgehead atoms. The fourth-order valence-corrected chi connectivity index (χ4v) is 3.55. The highest BCUT2D eigenvalue weighted by atomic mass is 14.3. The summed E-state index contributed by atoms with van der Waals surface area (Å²) in [6.07, 6.45) is 18.0. The molecule has 2 aliphatic carbocycles. The van der Waals surface area contributed by atoms with Crippen molar-refractivity contribution in [1.82, 2.24) is 0 Å². The second-order valence-electron chi connectivity index (χ2n) is 7.69. The van der Waals surface area contributed by atoms with Gasteiger partial charge in [0.1, 0.15) is 0 Å². The first-order valence-corrected chi connectivity index (χ1v) is 12.4. The Morgan fingerprint density at radius 2 is 1.15 bits per heavy atom. The molecule has 0 radical (unpaired) electrons. The Bertz CT molecular complexity index is 299. The Morgan fingerprint density at radius 1 is 0.741 bits per heavy atom. The monoisotopic (exact) mass is 380 g/mol. The van der Waals surface area contributed by atoms with E-state index in [9.17, 15) is 0 Å². The zero-order valence-corrected chi connectivity index (χ0v) is 21.2. The van der Waals surface area contributed by atoms with Crippen molar-refractivity contribution in [2.45, 2.75) is 128 Å².